The van der Waals surface area contributed by atoms with Gasteiger partial charge in [0, 0.05) is 24.2 Å². The Morgan fingerprint density at radius 1 is 1.03 bits per heavy atom. The van der Waals surface area contributed by atoms with Gasteiger partial charge in [-0.2, -0.15) is 0 Å². The van der Waals surface area contributed by atoms with Crippen LogP contribution in [0.4, 0.5) is 10.5 Å². The van der Waals surface area contributed by atoms with Gasteiger partial charge in [0.25, 0.3) is 0 Å². The second-order valence-electron chi connectivity index (χ2n) is 7.76. The van der Waals surface area contributed by atoms with Crippen LogP contribution in [0.1, 0.15) is 28.7 Å². The summed E-state index contributed by atoms with van der Waals surface area (Å²) in [5.74, 6) is 0.416. The molecule has 2 unspecified atom stereocenters. The van der Waals surface area contributed by atoms with Crippen LogP contribution in [-0.2, 0) is 4.74 Å². The van der Waals surface area contributed by atoms with E-state index < -0.39 is 18.3 Å². The number of carbonyl (C=O) groups excluding carboxylic acids is 1. The van der Waals surface area contributed by atoms with Gasteiger partial charge in [-0.05, 0) is 39.9 Å². The number of carbonyl (C=O) groups is 1. The van der Waals surface area contributed by atoms with Crippen LogP contribution >= 0.6 is 0 Å². The lowest BCUT2D eigenvalue weighted by molar-refractivity contribution is 0.0185. The van der Waals surface area contributed by atoms with Gasteiger partial charge in [-0.25, -0.2) is 4.79 Å². The lowest BCUT2D eigenvalue weighted by Gasteiger charge is -2.20. The fourth-order valence-electron chi connectivity index (χ4n) is 4.11. The number of alkyl carbamates (subject to hydrolysis) is 1. The quantitative estimate of drug-likeness (QED) is 0.425. The first-order valence-electron chi connectivity index (χ1n) is 10.4. The van der Waals surface area contributed by atoms with Crippen molar-refractivity contribution >= 4 is 11.8 Å². The molecular formula is C25H26N2O5. The Bertz CT molecular complexity index is 1070. The van der Waals surface area contributed by atoms with Crippen molar-refractivity contribution in [1.29, 1.82) is 0 Å². The zero-order valence-corrected chi connectivity index (χ0v) is 17.7. The number of aliphatic hydroxyl groups excluding tert-OH is 2. The molecule has 32 heavy (non-hydrogen) atoms. The molecule has 7 nitrogen and oxygen atoms in total. The predicted octanol–water partition coefficient (Wildman–Crippen LogP) is 3.21. The van der Waals surface area contributed by atoms with Crippen molar-refractivity contribution in [3.8, 4) is 16.9 Å². The summed E-state index contributed by atoms with van der Waals surface area (Å²) in [5.41, 5.74) is 11.1. The molecule has 0 aliphatic heterocycles. The summed E-state index contributed by atoms with van der Waals surface area (Å²) in [6.07, 6.45) is -3.16. The van der Waals surface area contributed by atoms with Crippen LogP contribution in [-0.4, -0.2) is 42.7 Å². The average Bonchev–Trinajstić information content (AvgIpc) is 3.14. The molecule has 0 heterocycles. The normalized spacial score (nSPS) is 14.2. The number of benzene rings is 3. The molecule has 3 aromatic rings. The summed E-state index contributed by atoms with van der Waals surface area (Å²) in [5, 5.41) is 23.2. The molecule has 0 spiro atoms. The Hall–Kier alpha value is -3.55. The molecule has 3 aromatic carbocycles. The molecule has 0 saturated carbocycles. The van der Waals surface area contributed by atoms with Crippen molar-refractivity contribution in [2.24, 2.45) is 0 Å². The minimum absolute atomic E-state index is 0.0524. The molecule has 7 heteroatoms. The Kier molecular flexibility index (Phi) is 6.30. The maximum Gasteiger partial charge on any atom is 0.407 e. The van der Waals surface area contributed by atoms with Gasteiger partial charge in [0.15, 0.2) is 0 Å². The van der Waals surface area contributed by atoms with Gasteiger partial charge < -0.3 is 30.7 Å². The number of fused-ring (bicyclic) bond motifs is 3. The number of nitrogen functional groups attached to an aromatic ring is 1. The Labute approximate surface area is 186 Å². The van der Waals surface area contributed by atoms with E-state index in [0.717, 1.165) is 22.3 Å². The van der Waals surface area contributed by atoms with E-state index in [9.17, 15) is 15.0 Å². The molecule has 0 bridgehead atoms. The third-order valence-corrected chi connectivity index (χ3v) is 5.69. The molecule has 0 saturated heterocycles. The third-order valence-electron chi connectivity index (χ3n) is 5.69. The number of anilines is 1. The SMILES string of the molecule is COc1cc(N)cc(C(O)C(O)CNC(=O)OCC2c3ccccc3-c3ccccc32)c1. The van der Waals surface area contributed by atoms with E-state index in [0.29, 0.717) is 17.0 Å². The summed E-state index contributed by atoms with van der Waals surface area (Å²) < 4.78 is 10.6. The summed E-state index contributed by atoms with van der Waals surface area (Å²) in [4.78, 5) is 12.3. The molecule has 4 rings (SSSR count). The number of amides is 1. The minimum Gasteiger partial charge on any atom is -0.497 e. The number of ether oxygens (including phenoxy) is 2. The highest BCUT2D eigenvalue weighted by molar-refractivity contribution is 5.79. The maximum atomic E-state index is 12.3. The smallest absolute Gasteiger partial charge is 0.407 e. The van der Waals surface area contributed by atoms with Crippen molar-refractivity contribution in [2.75, 3.05) is 26.0 Å². The molecular weight excluding hydrogens is 408 g/mol. The number of nitrogens with one attached hydrogen (secondary N) is 1. The van der Waals surface area contributed by atoms with E-state index in [4.69, 9.17) is 15.2 Å². The molecule has 0 radical (unpaired) electrons. The number of nitrogens with two attached hydrogens (primary N) is 1. The van der Waals surface area contributed by atoms with Crippen LogP contribution in [0.5, 0.6) is 5.75 Å². The number of hydrogen-bond donors (Lipinski definition) is 4. The lowest BCUT2D eigenvalue weighted by Crippen LogP contribution is -2.36. The fraction of sp³-hybridized carbons (Fsp3) is 0.240. The van der Waals surface area contributed by atoms with Crippen molar-refractivity contribution in [3.05, 3.63) is 83.4 Å². The van der Waals surface area contributed by atoms with Crippen molar-refractivity contribution in [3.63, 3.8) is 0 Å². The summed E-state index contributed by atoms with van der Waals surface area (Å²) in [6.45, 7) is -0.0140. The van der Waals surface area contributed by atoms with Gasteiger partial charge in [-0.3, -0.25) is 0 Å². The molecule has 2 atom stereocenters. The van der Waals surface area contributed by atoms with Crippen molar-refractivity contribution in [2.45, 2.75) is 18.1 Å². The van der Waals surface area contributed by atoms with E-state index in [1.807, 2.05) is 36.4 Å². The number of hydrogen-bond acceptors (Lipinski definition) is 6. The third kappa shape index (κ3) is 4.39. The summed E-state index contributed by atoms with van der Waals surface area (Å²) in [6, 6.07) is 20.9. The topological polar surface area (TPSA) is 114 Å². The highest BCUT2D eigenvalue weighted by Crippen LogP contribution is 2.44. The average molecular weight is 434 g/mol. The van der Waals surface area contributed by atoms with Crippen LogP contribution in [0.25, 0.3) is 11.1 Å². The standard InChI is InChI=1S/C25H26N2O5/c1-31-17-11-15(10-16(26)12-17)24(29)23(28)13-27-25(30)32-14-22-20-8-4-2-6-18(20)19-7-3-5-9-21(19)22/h2-12,22-24,28-29H,13-14,26H2,1H3,(H,27,30). The van der Waals surface area contributed by atoms with Crippen LogP contribution in [0.3, 0.4) is 0 Å². The molecule has 5 N–H and O–H groups in total. The van der Waals surface area contributed by atoms with Crippen LogP contribution < -0.4 is 15.8 Å². The zero-order chi connectivity index (χ0) is 22.7. The number of aliphatic hydroxyl groups is 2. The molecule has 0 aromatic heterocycles. The monoisotopic (exact) mass is 434 g/mol. The van der Waals surface area contributed by atoms with Gasteiger partial charge in [0.2, 0.25) is 0 Å². The van der Waals surface area contributed by atoms with Crippen molar-refractivity contribution in [1.82, 2.24) is 5.32 Å². The van der Waals surface area contributed by atoms with Gasteiger partial charge in [0.1, 0.15) is 24.6 Å². The van der Waals surface area contributed by atoms with E-state index in [2.05, 4.69) is 17.4 Å². The van der Waals surface area contributed by atoms with Gasteiger partial charge in [-0.15, -0.1) is 0 Å². The van der Waals surface area contributed by atoms with E-state index in [-0.39, 0.29) is 19.1 Å². The highest BCUT2D eigenvalue weighted by Gasteiger charge is 2.29. The van der Waals surface area contributed by atoms with Crippen LogP contribution in [0, 0.1) is 0 Å². The minimum atomic E-state index is -1.25. The Balaban J connectivity index is 1.34. The fourth-order valence-corrected chi connectivity index (χ4v) is 4.11. The molecule has 0 fully saturated rings. The van der Waals surface area contributed by atoms with Gasteiger partial charge in [-0.1, -0.05) is 48.5 Å². The zero-order valence-electron chi connectivity index (χ0n) is 17.7. The van der Waals surface area contributed by atoms with E-state index >= 15 is 0 Å². The van der Waals surface area contributed by atoms with E-state index in [1.54, 1.807) is 18.2 Å². The molecule has 1 aliphatic carbocycles. The second-order valence-corrected chi connectivity index (χ2v) is 7.76. The molecule has 166 valence electrons. The largest absolute Gasteiger partial charge is 0.497 e. The van der Waals surface area contributed by atoms with Crippen LogP contribution in [0.2, 0.25) is 0 Å². The van der Waals surface area contributed by atoms with Gasteiger partial charge >= 0.3 is 6.09 Å². The number of rotatable bonds is 7. The maximum absolute atomic E-state index is 12.3. The first-order valence-corrected chi connectivity index (χ1v) is 10.4. The summed E-state index contributed by atoms with van der Waals surface area (Å²) in [7, 11) is 1.49. The second kappa shape index (κ2) is 9.30. The van der Waals surface area contributed by atoms with E-state index in [1.165, 1.54) is 7.11 Å². The molecule has 1 amide bonds. The Morgan fingerprint density at radius 3 is 2.28 bits per heavy atom. The predicted molar refractivity (Wildman–Crippen MR) is 121 cm³/mol. The van der Waals surface area contributed by atoms with Crippen molar-refractivity contribution < 1.29 is 24.5 Å². The lowest BCUT2D eigenvalue weighted by atomic mass is 9.98. The highest BCUT2D eigenvalue weighted by atomic mass is 16.5. The summed E-state index contributed by atoms with van der Waals surface area (Å²) >= 11 is 0. The van der Waals surface area contributed by atoms with Gasteiger partial charge in [0.05, 0.1) is 7.11 Å². The first kappa shape index (κ1) is 21.7. The Morgan fingerprint density at radius 2 is 1.66 bits per heavy atom. The first-order chi connectivity index (χ1) is 15.5. The number of methoxy groups -OCH3 is 1. The molecule has 1 aliphatic rings. The van der Waals surface area contributed by atoms with Crippen LogP contribution in [0.15, 0.2) is 66.7 Å².